The Kier molecular flexibility index (Phi) is 7.03. The molecule has 0 spiro atoms. The molecule has 9 aromatic carbocycles. The van der Waals surface area contributed by atoms with Crippen molar-refractivity contribution in [3.8, 4) is 22.3 Å². The van der Waals surface area contributed by atoms with Crippen LogP contribution in [0.25, 0.3) is 74.7 Å². The maximum absolute atomic E-state index is 16.0. The predicted octanol–water partition coefficient (Wildman–Crippen LogP) is 12.5. The van der Waals surface area contributed by atoms with Gasteiger partial charge in [-0.05, 0) is 78.8 Å². The van der Waals surface area contributed by atoms with Crippen LogP contribution in [0.15, 0.2) is 188 Å². The third-order valence-electron chi connectivity index (χ3n) is 10.4. The molecule has 0 saturated carbocycles. The van der Waals surface area contributed by atoms with E-state index >= 15 is 4.57 Å². The van der Waals surface area contributed by atoms with Crippen LogP contribution in [0, 0.1) is 0 Å². The molecule has 0 fully saturated rings. The van der Waals surface area contributed by atoms with Crippen LogP contribution in [0.1, 0.15) is 0 Å². The van der Waals surface area contributed by atoms with Gasteiger partial charge in [0, 0.05) is 36.1 Å². The predicted molar refractivity (Wildman–Crippen MR) is 222 cm³/mol. The van der Waals surface area contributed by atoms with E-state index in [0.717, 1.165) is 43.6 Å². The van der Waals surface area contributed by atoms with E-state index in [0.29, 0.717) is 0 Å². The first-order valence-electron chi connectivity index (χ1n) is 17.3. The molecule has 10 rings (SSSR count). The lowest BCUT2D eigenvalue weighted by Crippen LogP contribution is -2.25. The zero-order valence-electron chi connectivity index (χ0n) is 27.7. The van der Waals surface area contributed by atoms with E-state index in [1.165, 1.54) is 47.1 Å². The smallest absolute Gasteiger partial charge is 0.171 e. The van der Waals surface area contributed by atoms with Crippen LogP contribution >= 0.6 is 18.5 Å². The van der Waals surface area contributed by atoms with Crippen molar-refractivity contribution < 1.29 is 4.57 Å². The number of fused-ring (bicyclic) bond motifs is 9. The minimum atomic E-state index is -3.30. The van der Waals surface area contributed by atoms with Crippen LogP contribution in [0.3, 0.4) is 0 Å². The molecular formula is C48H31OPS. The fourth-order valence-corrected chi connectivity index (χ4v) is 11.5. The molecule has 0 N–H and O–H groups in total. The quantitative estimate of drug-likeness (QED) is 0.130. The standard InChI is InChI=1S/C48H31OPS/c49-50(36-23-19-34(20-24-36)32-11-3-1-4-12-32,37-25-21-35(22-26-37)33-13-5-2-6-14-33)38-27-28-41-43(29-38)39-15-7-8-16-40(39)44-30-46-42-17-9-10-18-47(42)51-48(46)31-45(41)44/h1-31H. The van der Waals surface area contributed by atoms with E-state index in [2.05, 4.69) is 176 Å². The number of rotatable bonds is 5. The molecule has 1 heterocycles. The van der Waals surface area contributed by atoms with Crippen molar-refractivity contribution >= 4 is 86.9 Å². The minimum absolute atomic E-state index is 0.825. The molecule has 0 bridgehead atoms. The second-order valence-corrected chi connectivity index (χ2v) is 17.1. The van der Waals surface area contributed by atoms with Gasteiger partial charge in [0.05, 0.1) is 0 Å². The summed E-state index contributed by atoms with van der Waals surface area (Å²) < 4.78 is 18.6. The maximum atomic E-state index is 16.0. The highest BCUT2D eigenvalue weighted by molar-refractivity contribution is 7.85. The molecule has 0 radical (unpaired) electrons. The van der Waals surface area contributed by atoms with Gasteiger partial charge in [-0.3, -0.25) is 0 Å². The fraction of sp³-hybridized carbons (Fsp3) is 0. The molecule has 0 saturated heterocycles. The SMILES string of the molecule is O=P(c1ccc(-c2ccccc2)cc1)(c1ccc(-c2ccccc2)cc1)c1ccc2c(c1)c1ccccc1c1cc3c(cc21)sc1ccccc13. The van der Waals surface area contributed by atoms with Crippen molar-refractivity contribution in [1.29, 1.82) is 0 Å². The molecule has 51 heavy (non-hydrogen) atoms. The van der Waals surface area contributed by atoms with Crippen molar-refractivity contribution in [3.05, 3.63) is 188 Å². The van der Waals surface area contributed by atoms with Crippen LogP contribution < -0.4 is 15.9 Å². The Bertz CT molecular complexity index is 2880. The molecule has 0 aliphatic carbocycles. The van der Waals surface area contributed by atoms with E-state index in [9.17, 15) is 0 Å². The van der Waals surface area contributed by atoms with E-state index in [-0.39, 0.29) is 0 Å². The average Bonchev–Trinajstić information content (AvgIpc) is 3.58. The molecular weight excluding hydrogens is 656 g/mol. The molecule has 1 nitrogen and oxygen atoms in total. The summed E-state index contributed by atoms with van der Waals surface area (Å²) >= 11 is 1.85. The normalized spacial score (nSPS) is 12.0. The summed E-state index contributed by atoms with van der Waals surface area (Å²) in [5.74, 6) is 0. The highest BCUT2D eigenvalue weighted by atomic mass is 32.1. The topological polar surface area (TPSA) is 17.1 Å². The molecule has 10 aromatic rings. The lowest BCUT2D eigenvalue weighted by atomic mass is 9.93. The Morgan fingerprint density at radius 3 is 1.31 bits per heavy atom. The van der Waals surface area contributed by atoms with Crippen molar-refractivity contribution in [2.24, 2.45) is 0 Å². The van der Waals surface area contributed by atoms with E-state index < -0.39 is 7.14 Å². The molecule has 0 atom stereocenters. The second-order valence-electron chi connectivity index (χ2n) is 13.2. The summed E-state index contributed by atoms with van der Waals surface area (Å²) in [6.45, 7) is 0. The Morgan fingerprint density at radius 2 is 0.725 bits per heavy atom. The summed E-state index contributed by atoms with van der Waals surface area (Å²) in [7, 11) is -3.30. The highest BCUT2D eigenvalue weighted by Gasteiger charge is 2.31. The summed E-state index contributed by atoms with van der Waals surface area (Å²) in [6, 6.07) is 66.1. The lowest BCUT2D eigenvalue weighted by Gasteiger charge is -2.22. The van der Waals surface area contributed by atoms with Crippen LogP contribution in [0.4, 0.5) is 0 Å². The van der Waals surface area contributed by atoms with Crippen molar-refractivity contribution in [2.45, 2.75) is 0 Å². The minimum Gasteiger partial charge on any atom is -0.309 e. The summed E-state index contributed by atoms with van der Waals surface area (Å²) in [5, 5.41) is 12.2. The Labute approximate surface area is 300 Å². The van der Waals surface area contributed by atoms with Gasteiger partial charge in [0.2, 0.25) is 0 Å². The molecule has 0 amide bonds. The van der Waals surface area contributed by atoms with Crippen molar-refractivity contribution in [3.63, 3.8) is 0 Å². The van der Waals surface area contributed by atoms with Crippen LogP contribution in [-0.2, 0) is 4.57 Å². The zero-order valence-corrected chi connectivity index (χ0v) is 29.4. The van der Waals surface area contributed by atoms with E-state index in [1.807, 2.05) is 23.5 Å². The van der Waals surface area contributed by atoms with Crippen LogP contribution in [0.5, 0.6) is 0 Å². The van der Waals surface area contributed by atoms with Gasteiger partial charge in [-0.1, -0.05) is 164 Å². The Hall–Kier alpha value is -5.79. The van der Waals surface area contributed by atoms with E-state index in [1.54, 1.807) is 0 Å². The first-order chi connectivity index (χ1) is 25.1. The third-order valence-corrected chi connectivity index (χ3v) is 14.5. The number of benzene rings is 9. The summed E-state index contributed by atoms with van der Waals surface area (Å²) in [4.78, 5) is 0. The highest BCUT2D eigenvalue weighted by Crippen LogP contribution is 2.46. The Balaban J connectivity index is 1.21. The average molecular weight is 687 g/mol. The first kappa shape index (κ1) is 30.1. The molecule has 0 unspecified atom stereocenters. The maximum Gasteiger partial charge on any atom is 0.171 e. The molecule has 3 heteroatoms. The van der Waals surface area contributed by atoms with Crippen LogP contribution in [0.2, 0.25) is 0 Å². The lowest BCUT2D eigenvalue weighted by molar-refractivity contribution is 0.592. The number of thiophene rings is 1. The van der Waals surface area contributed by atoms with Gasteiger partial charge >= 0.3 is 0 Å². The van der Waals surface area contributed by atoms with Crippen LogP contribution in [-0.4, -0.2) is 0 Å². The van der Waals surface area contributed by atoms with Gasteiger partial charge in [0.25, 0.3) is 0 Å². The molecule has 240 valence electrons. The second kappa shape index (κ2) is 11.9. The van der Waals surface area contributed by atoms with Crippen molar-refractivity contribution in [2.75, 3.05) is 0 Å². The molecule has 0 aliphatic heterocycles. The summed E-state index contributed by atoms with van der Waals surface area (Å²) in [6.07, 6.45) is 0. The van der Waals surface area contributed by atoms with E-state index in [4.69, 9.17) is 0 Å². The monoisotopic (exact) mass is 686 g/mol. The van der Waals surface area contributed by atoms with Gasteiger partial charge in [-0.2, -0.15) is 0 Å². The zero-order chi connectivity index (χ0) is 33.9. The first-order valence-corrected chi connectivity index (χ1v) is 19.8. The van der Waals surface area contributed by atoms with Gasteiger partial charge < -0.3 is 4.57 Å². The molecule has 0 aliphatic rings. The van der Waals surface area contributed by atoms with Crippen molar-refractivity contribution in [1.82, 2.24) is 0 Å². The fourth-order valence-electron chi connectivity index (χ4n) is 7.79. The van der Waals surface area contributed by atoms with Gasteiger partial charge in [-0.15, -0.1) is 11.3 Å². The largest absolute Gasteiger partial charge is 0.309 e. The summed E-state index contributed by atoms with van der Waals surface area (Å²) in [5.41, 5.74) is 4.49. The number of hydrogen-bond acceptors (Lipinski definition) is 2. The van der Waals surface area contributed by atoms with Gasteiger partial charge in [0.15, 0.2) is 7.14 Å². The molecule has 1 aromatic heterocycles. The number of hydrogen-bond donors (Lipinski definition) is 0. The van der Waals surface area contributed by atoms with Gasteiger partial charge in [-0.25, -0.2) is 0 Å². The third kappa shape index (κ3) is 4.87. The van der Waals surface area contributed by atoms with Gasteiger partial charge in [0.1, 0.15) is 0 Å². The Morgan fingerprint density at radius 1 is 0.294 bits per heavy atom.